The zero-order valence-electron chi connectivity index (χ0n) is 6.17. The third kappa shape index (κ3) is 1.76. The number of carbonyl (C=O) groups is 1. The number of rotatable bonds is 2. The number of hydrogen-bond donors (Lipinski definition) is 0. The van der Waals surface area contributed by atoms with E-state index < -0.39 is 0 Å². The minimum Gasteiger partial charge on any atom is -0.481 e. The molecule has 64 valence electrons. The summed E-state index contributed by atoms with van der Waals surface area (Å²) in [6.07, 6.45) is 0.579. The molecule has 3 nitrogen and oxygen atoms in total. The fraction of sp³-hybridized carbons (Fsp3) is 0.143. The first-order valence-electron chi connectivity index (χ1n) is 3.04. The fourth-order valence-electron chi connectivity index (χ4n) is 0.677. The monoisotopic (exact) mass is 249 g/mol. The SMILES string of the molecule is COc1cc(Br)c(Cl)c(C=O)n1. The van der Waals surface area contributed by atoms with E-state index in [1.807, 2.05) is 0 Å². The summed E-state index contributed by atoms with van der Waals surface area (Å²) in [6.45, 7) is 0. The molecule has 0 spiro atoms. The van der Waals surface area contributed by atoms with Gasteiger partial charge in [-0.05, 0) is 15.9 Å². The van der Waals surface area contributed by atoms with Crippen molar-refractivity contribution in [1.82, 2.24) is 4.98 Å². The molecule has 5 heteroatoms. The molecule has 0 aliphatic heterocycles. The van der Waals surface area contributed by atoms with E-state index in [1.54, 1.807) is 6.07 Å². The van der Waals surface area contributed by atoms with E-state index in [0.29, 0.717) is 21.7 Å². The van der Waals surface area contributed by atoms with Gasteiger partial charge in [0.25, 0.3) is 0 Å². The summed E-state index contributed by atoms with van der Waals surface area (Å²) >= 11 is 8.89. The van der Waals surface area contributed by atoms with E-state index in [1.165, 1.54) is 7.11 Å². The molecule has 0 fully saturated rings. The van der Waals surface area contributed by atoms with Crippen LogP contribution in [0.15, 0.2) is 10.5 Å². The van der Waals surface area contributed by atoms with Crippen molar-refractivity contribution in [3.63, 3.8) is 0 Å². The number of aromatic nitrogens is 1. The third-order valence-electron chi connectivity index (χ3n) is 1.24. The van der Waals surface area contributed by atoms with Crippen molar-refractivity contribution < 1.29 is 9.53 Å². The van der Waals surface area contributed by atoms with Crippen LogP contribution in [0.25, 0.3) is 0 Å². The van der Waals surface area contributed by atoms with Gasteiger partial charge in [-0.3, -0.25) is 4.79 Å². The zero-order valence-corrected chi connectivity index (χ0v) is 8.52. The van der Waals surface area contributed by atoms with Crippen molar-refractivity contribution in [1.29, 1.82) is 0 Å². The van der Waals surface area contributed by atoms with Crippen LogP contribution < -0.4 is 4.74 Å². The van der Waals surface area contributed by atoms with Crippen LogP contribution in [0.2, 0.25) is 5.02 Å². The van der Waals surface area contributed by atoms with Crippen LogP contribution in [0.3, 0.4) is 0 Å². The third-order valence-corrected chi connectivity index (χ3v) is 2.49. The minimum absolute atomic E-state index is 0.169. The highest BCUT2D eigenvalue weighted by Gasteiger charge is 2.07. The summed E-state index contributed by atoms with van der Waals surface area (Å²) in [6, 6.07) is 1.59. The van der Waals surface area contributed by atoms with Gasteiger partial charge in [0.05, 0.1) is 12.1 Å². The van der Waals surface area contributed by atoms with Gasteiger partial charge in [0.2, 0.25) is 5.88 Å². The lowest BCUT2D eigenvalue weighted by molar-refractivity contribution is 0.111. The van der Waals surface area contributed by atoms with Crippen LogP contribution >= 0.6 is 27.5 Å². The summed E-state index contributed by atoms with van der Waals surface area (Å²) in [5.41, 5.74) is 0.169. The summed E-state index contributed by atoms with van der Waals surface area (Å²) in [4.78, 5) is 14.2. The maximum absolute atomic E-state index is 10.4. The molecule has 0 aliphatic carbocycles. The van der Waals surface area contributed by atoms with Gasteiger partial charge in [-0.25, -0.2) is 4.98 Å². The van der Waals surface area contributed by atoms with E-state index in [0.717, 1.165) is 0 Å². The van der Waals surface area contributed by atoms with Crippen molar-refractivity contribution in [2.45, 2.75) is 0 Å². The van der Waals surface area contributed by atoms with Crippen LogP contribution in [0.1, 0.15) is 10.5 Å². The molecule has 0 unspecified atom stereocenters. The molecular weight excluding hydrogens is 245 g/mol. The Balaban J connectivity index is 3.28. The lowest BCUT2D eigenvalue weighted by atomic mass is 10.4. The Morgan fingerprint density at radius 1 is 1.75 bits per heavy atom. The summed E-state index contributed by atoms with van der Waals surface area (Å²) < 4.78 is 5.43. The largest absolute Gasteiger partial charge is 0.481 e. The van der Waals surface area contributed by atoms with E-state index in [2.05, 4.69) is 20.9 Å². The van der Waals surface area contributed by atoms with Crippen molar-refractivity contribution in [2.24, 2.45) is 0 Å². The molecular formula is C7H5BrClNO2. The van der Waals surface area contributed by atoms with Gasteiger partial charge >= 0.3 is 0 Å². The predicted octanol–water partition coefficient (Wildman–Crippen LogP) is 2.32. The van der Waals surface area contributed by atoms with Gasteiger partial charge in [0.1, 0.15) is 5.69 Å². The van der Waals surface area contributed by atoms with E-state index in [9.17, 15) is 4.79 Å². The number of hydrogen-bond acceptors (Lipinski definition) is 3. The van der Waals surface area contributed by atoms with Crippen LogP contribution in [0.4, 0.5) is 0 Å². The first-order valence-corrected chi connectivity index (χ1v) is 4.21. The number of pyridine rings is 1. The van der Waals surface area contributed by atoms with Crippen LogP contribution in [-0.4, -0.2) is 18.4 Å². The Labute approximate surface area is 82.8 Å². The first-order chi connectivity index (χ1) is 5.69. The Morgan fingerprint density at radius 2 is 2.42 bits per heavy atom. The summed E-state index contributed by atoms with van der Waals surface area (Å²) in [5, 5.41) is 0.297. The number of aldehydes is 1. The number of nitrogens with zero attached hydrogens (tertiary/aromatic N) is 1. The van der Waals surface area contributed by atoms with E-state index in [4.69, 9.17) is 16.3 Å². The predicted molar refractivity (Wildman–Crippen MR) is 48.9 cm³/mol. The highest BCUT2D eigenvalue weighted by molar-refractivity contribution is 9.10. The van der Waals surface area contributed by atoms with E-state index in [-0.39, 0.29) is 5.69 Å². The molecule has 0 N–H and O–H groups in total. The maximum Gasteiger partial charge on any atom is 0.214 e. The smallest absolute Gasteiger partial charge is 0.214 e. The molecule has 1 rings (SSSR count). The lowest BCUT2D eigenvalue weighted by Crippen LogP contribution is -1.94. The molecule has 0 aromatic carbocycles. The number of halogens is 2. The van der Waals surface area contributed by atoms with Gasteiger partial charge in [0.15, 0.2) is 6.29 Å². The fourth-order valence-corrected chi connectivity index (χ4v) is 1.22. The normalized spacial score (nSPS) is 9.58. The second-order valence-corrected chi connectivity index (χ2v) is 3.20. The van der Waals surface area contributed by atoms with Crippen LogP contribution in [0.5, 0.6) is 5.88 Å². The zero-order chi connectivity index (χ0) is 9.14. The number of methoxy groups -OCH3 is 1. The van der Waals surface area contributed by atoms with Crippen molar-refractivity contribution in [3.8, 4) is 5.88 Å². The Morgan fingerprint density at radius 3 is 2.92 bits per heavy atom. The highest BCUT2D eigenvalue weighted by atomic mass is 79.9. The molecule has 0 aliphatic rings. The summed E-state index contributed by atoms with van der Waals surface area (Å²) in [7, 11) is 1.47. The van der Waals surface area contributed by atoms with Gasteiger partial charge in [-0.2, -0.15) is 0 Å². The molecule has 1 aromatic heterocycles. The average Bonchev–Trinajstić information content (AvgIpc) is 2.09. The van der Waals surface area contributed by atoms with Gasteiger partial charge in [-0.1, -0.05) is 11.6 Å². The van der Waals surface area contributed by atoms with Crippen molar-refractivity contribution in [3.05, 3.63) is 21.3 Å². The lowest BCUT2D eigenvalue weighted by Gasteiger charge is -2.02. The molecule has 0 atom stereocenters. The Hall–Kier alpha value is -0.610. The van der Waals surface area contributed by atoms with Gasteiger partial charge < -0.3 is 4.74 Å². The minimum atomic E-state index is 0.169. The van der Waals surface area contributed by atoms with E-state index >= 15 is 0 Å². The number of carbonyl (C=O) groups excluding carboxylic acids is 1. The molecule has 0 amide bonds. The van der Waals surface area contributed by atoms with Crippen LogP contribution in [0, 0.1) is 0 Å². The highest BCUT2D eigenvalue weighted by Crippen LogP contribution is 2.27. The molecule has 0 saturated heterocycles. The van der Waals surface area contributed by atoms with Gasteiger partial charge in [-0.15, -0.1) is 0 Å². The van der Waals surface area contributed by atoms with Crippen LogP contribution in [-0.2, 0) is 0 Å². The van der Waals surface area contributed by atoms with Crippen molar-refractivity contribution >= 4 is 33.8 Å². The molecule has 0 radical (unpaired) electrons. The second kappa shape index (κ2) is 3.87. The average molecular weight is 250 g/mol. The molecule has 0 saturated carbocycles. The number of ether oxygens (including phenoxy) is 1. The standard InChI is InChI=1S/C7H5BrClNO2/c1-12-6-2-4(8)7(9)5(3-11)10-6/h2-3H,1H3. The quantitative estimate of drug-likeness (QED) is 0.756. The molecule has 12 heavy (non-hydrogen) atoms. The maximum atomic E-state index is 10.4. The Bertz CT molecular complexity index is 317. The second-order valence-electron chi connectivity index (χ2n) is 1.96. The van der Waals surface area contributed by atoms with Gasteiger partial charge in [0, 0.05) is 10.5 Å². The molecule has 1 heterocycles. The topological polar surface area (TPSA) is 39.2 Å². The van der Waals surface area contributed by atoms with Crippen molar-refractivity contribution in [2.75, 3.05) is 7.11 Å². The first kappa shape index (κ1) is 9.48. The molecule has 0 bridgehead atoms. The summed E-state index contributed by atoms with van der Waals surface area (Å²) in [5.74, 6) is 0.355. The molecule has 1 aromatic rings. The Kier molecular flexibility index (Phi) is 3.05.